The second-order valence-electron chi connectivity index (χ2n) is 3.63. The maximum Gasteiger partial charge on any atom is 0.224 e. The molecule has 0 bridgehead atoms. The summed E-state index contributed by atoms with van der Waals surface area (Å²) in [5.41, 5.74) is 6.38. The van der Waals surface area contributed by atoms with Crippen molar-refractivity contribution in [2.75, 3.05) is 11.1 Å². The van der Waals surface area contributed by atoms with Crippen molar-refractivity contribution in [3.05, 3.63) is 11.5 Å². The summed E-state index contributed by atoms with van der Waals surface area (Å²) in [5.74, 6) is 0.639. The number of nitrogen functional groups attached to an aromatic ring is 1. The zero-order valence-corrected chi connectivity index (χ0v) is 8.10. The molecule has 0 amide bonds. The quantitative estimate of drug-likeness (QED) is 0.710. The van der Waals surface area contributed by atoms with Gasteiger partial charge in [0.1, 0.15) is 0 Å². The Morgan fingerprint density at radius 3 is 2.92 bits per heavy atom. The van der Waals surface area contributed by atoms with Gasteiger partial charge in [-0.05, 0) is 31.4 Å². The van der Waals surface area contributed by atoms with Crippen LogP contribution in [0, 0.1) is 0 Å². The Morgan fingerprint density at radius 1 is 1.62 bits per heavy atom. The fourth-order valence-corrected chi connectivity index (χ4v) is 1.20. The van der Waals surface area contributed by atoms with Crippen molar-refractivity contribution in [2.45, 2.75) is 25.3 Å². The van der Waals surface area contributed by atoms with E-state index in [4.69, 9.17) is 17.3 Å². The average Bonchev–Trinajstić information content (AvgIpc) is 2.76. The van der Waals surface area contributed by atoms with Crippen molar-refractivity contribution in [1.82, 2.24) is 9.97 Å². The van der Waals surface area contributed by atoms with Crippen molar-refractivity contribution < 1.29 is 0 Å². The maximum absolute atomic E-state index is 5.68. The molecule has 1 heterocycles. The summed E-state index contributed by atoms with van der Waals surface area (Å²) >= 11 is 5.65. The van der Waals surface area contributed by atoms with Crippen LogP contribution < -0.4 is 11.1 Å². The molecule has 13 heavy (non-hydrogen) atoms. The Balaban J connectivity index is 2.23. The second kappa shape index (κ2) is 2.73. The van der Waals surface area contributed by atoms with Crippen molar-refractivity contribution in [3.63, 3.8) is 0 Å². The van der Waals surface area contributed by atoms with Gasteiger partial charge in [0.25, 0.3) is 0 Å². The summed E-state index contributed by atoms with van der Waals surface area (Å²) in [6.07, 6.45) is 3.81. The van der Waals surface area contributed by atoms with Crippen LogP contribution in [0.2, 0.25) is 5.28 Å². The van der Waals surface area contributed by atoms with Crippen molar-refractivity contribution >= 4 is 23.1 Å². The molecule has 4 nitrogen and oxygen atoms in total. The molecule has 0 unspecified atom stereocenters. The molecule has 1 aliphatic rings. The minimum Gasteiger partial charge on any atom is -0.394 e. The third kappa shape index (κ3) is 1.83. The number of nitrogens with zero attached hydrogens (tertiary/aromatic N) is 2. The van der Waals surface area contributed by atoms with Gasteiger partial charge in [0.2, 0.25) is 5.28 Å². The molecule has 0 radical (unpaired) electrons. The second-order valence-corrected chi connectivity index (χ2v) is 3.97. The van der Waals surface area contributed by atoms with Crippen molar-refractivity contribution in [2.24, 2.45) is 0 Å². The van der Waals surface area contributed by atoms with Crippen molar-refractivity contribution in [1.29, 1.82) is 0 Å². The van der Waals surface area contributed by atoms with E-state index in [2.05, 4.69) is 22.2 Å². The normalized spacial score (nSPS) is 18.3. The molecule has 70 valence electrons. The number of hydrogen-bond donors (Lipinski definition) is 2. The molecule has 1 fully saturated rings. The highest BCUT2D eigenvalue weighted by molar-refractivity contribution is 6.28. The monoisotopic (exact) mass is 198 g/mol. The molecular formula is C8H11ClN4. The standard InChI is InChI=1S/C8H11ClN4/c1-8(2-3-8)13-6-5(10)4-11-7(9)12-6/h4H,2-3,10H2,1H3,(H,11,12,13). The summed E-state index contributed by atoms with van der Waals surface area (Å²) in [6.45, 7) is 2.13. The summed E-state index contributed by atoms with van der Waals surface area (Å²) in [5, 5.41) is 3.46. The van der Waals surface area contributed by atoms with E-state index in [0.717, 1.165) is 12.8 Å². The minimum atomic E-state index is 0.159. The number of nitrogens with two attached hydrogens (primary N) is 1. The van der Waals surface area contributed by atoms with Crippen LogP contribution in [0.1, 0.15) is 19.8 Å². The predicted octanol–water partition coefficient (Wildman–Crippen LogP) is 1.68. The number of aromatic nitrogens is 2. The lowest BCUT2D eigenvalue weighted by atomic mass is 10.3. The fourth-order valence-electron chi connectivity index (χ4n) is 1.07. The zero-order valence-electron chi connectivity index (χ0n) is 7.34. The maximum atomic E-state index is 5.68. The molecule has 3 N–H and O–H groups in total. The average molecular weight is 199 g/mol. The van der Waals surface area contributed by atoms with Crippen LogP contribution in [-0.2, 0) is 0 Å². The van der Waals surface area contributed by atoms with Gasteiger partial charge in [-0.1, -0.05) is 0 Å². The first-order chi connectivity index (χ1) is 6.09. The van der Waals surface area contributed by atoms with Crippen LogP contribution in [0.25, 0.3) is 0 Å². The van der Waals surface area contributed by atoms with Gasteiger partial charge in [0, 0.05) is 5.54 Å². The predicted molar refractivity (Wildman–Crippen MR) is 52.7 cm³/mol. The number of anilines is 2. The number of nitrogens with one attached hydrogen (secondary N) is 1. The van der Waals surface area contributed by atoms with Gasteiger partial charge in [-0.3, -0.25) is 0 Å². The Kier molecular flexibility index (Phi) is 1.80. The molecule has 0 saturated heterocycles. The van der Waals surface area contributed by atoms with E-state index in [1.165, 1.54) is 6.20 Å². The lowest BCUT2D eigenvalue weighted by Crippen LogP contribution is -2.18. The minimum absolute atomic E-state index is 0.159. The van der Waals surface area contributed by atoms with E-state index in [9.17, 15) is 0 Å². The first-order valence-corrected chi connectivity index (χ1v) is 4.53. The zero-order chi connectivity index (χ0) is 9.47. The van der Waals surface area contributed by atoms with Gasteiger partial charge in [-0.15, -0.1) is 0 Å². The molecule has 1 aromatic heterocycles. The lowest BCUT2D eigenvalue weighted by molar-refractivity contribution is 0.820. The van der Waals surface area contributed by atoms with Gasteiger partial charge in [-0.25, -0.2) is 4.98 Å². The Bertz CT molecular complexity index is 335. The molecule has 1 saturated carbocycles. The highest BCUT2D eigenvalue weighted by Crippen LogP contribution is 2.38. The van der Waals surface area contributed by atoms with Gasteiger partial charge >= 0.3 is 0 Å². The summed E-state index contributed by atoms with van der Waals surface area (Å²) in [6, 6.07) is 0. The van der Waals surface area contributed by atoms with Crippen LogP contribution in [0.15, 0.2) is 6.20 Å². The molecule has 5 heteroatoms. The first kappa shape index (κ1) is 8.56. The molecule has 0 aliphatic heterocycles. The van der Waals surface area contributed by atoms with E-state index in [-0.39, 0.29) is 10.8 Å². The largest absolute Gasteiger partial charge is 0.394 e. The Hall–Kier alpha value is -1.03. The van der Waals surface area contributed by atoms with Gasteiger partial charge < -0.3 is 11.1 Å². The van der Waals surface area contributed by atoms with E-state index in [0.29, 0.717) is 11.5 Å². The lowest BCUT2D eigenvalue weighted by Gasteiger charge is -2.13. The van der Waals surface area contributed by atoms with Crippen LogP contribution in [0.4, 0.5) is 11.5 Å². The number of halogens is 1. The van der Waals surface area contributed by atoms with Gasteiger partial charge in [0.05, 0.1) is 11.9 Å². The van der Waals surface area contributed by atoms with Crippen LogP contribution >= 0.6 is 11.6 Å². The summed E-state index contributed by atoms with van der Waals surface area (Å²) < 4.78 is 0. The van der Waals surface area contributed by atoms with E-state index in [1.54, 1.807) is 0 Å². The summed E-state index contributed by atoms with van der Waals surface area (Å²) in [4.78, 5) is 7.80. The molecule has 1 aromatic rings. The summed E-state index contributed by atoms with van der Waals surface area (Å²) in [7, 11) is 0. The highest BCUT2D eigenvalue weighted by atomic mass is 35.5. The molecule has 0 atom stereocenters. The van der Waals surface area contributed by atoms with Crippen molar-refractivity contribution in [3.8, 4) is 0 Å². The van der Waals surface area contributed by atoms with Gasteiger partial charge in [0.15, 0.2) is 5.82 Å². The van der Waals surface area contributed by atoms with Crippen LogP contribution in [-0.4, -0.2) is 15.5 Å². The first-order valence-electron chi connectivity index (χ1n) is 4.15. The molecular weight excluding hydrogens is 188 g/mol. The van der Waals surface area contributed by atoms with E-state index >= 15 is 0 Å². The molecule has 0 spiro atoms. The highest BCUT2D eigenvalue weighted by Gasteiger charge is 2.37. The van der Waals surface area contributed by atoms with E-state index < -0.39 is 0 Å². The Labute approximate surface area is 81.5 Å². The Morgan fingerprint density at radius 2 is 2.31 bits per heavy atom. The molecule has 1 aliphatic carbocycles. The third-order valence-electron chi connectivity index (χ3n) is 2.21. The van der Waals surface area contributed by atoms with Gasteiger partial charge in [-0.2, -0.15) is 4.98 Å². The molecule has 2 rings (SSSR count). The van der Waals surface area contributed by atoms with E-state index in [1.807, 2.05) is 0 Å². The smallest absolute Gasteiger partial charge is 0.224 e. The van der Waals surface area contributed by atoms with Crippen LogP contribution in [0.5, 0.6) is 0 Å². The number of hydrogen-bond acceptors (Lipinski definition) is 4. The SMILES string of the molecule is CC1(Nc2nc(Cl)ncc2N)CC1. The fraction of sp³-hybridized carbons (Fsp3) is 0.500. The third-order valence-corrected chi connectivity index (χ3v) is 2.39. The number of rotatable bonds is 2. The van der Waals surface area contributed by atoms with Crippen LogP contribution in [0.3, 0.4) is 0 Å². The molecule has 0 aromatic carbocycles. The topological polar surface area (TPSA) is 63.8 Å².